The number of β-amino-alcohol motifs (C(OH)–C–C–N with tert-alkyl or cyclic N) is 2. The number of carbonyl (C=O) groups is 1. The van der Waals surface area contributed by atoms with E-state index in [1.807, 2.05) is 25.1 Å². The lowest BCUT2D eigenvalue weighted by molar-refractivity contribution is 0.0480. The Bertz CT molecular complexity index is 907. The molecule has 0 radical (unpaired) electrons. The number of aliphatic hydroxyl groups excluding tert-OH is 2. The molecule has 0 aliphatic carbocycles. The zero-order valence-corrected chi connectivity index (χ0v) is 17.3. The first-order valence-corrected chi connectivity index (χ1v) is 10.4. The smallest absolute Gasteiger partial charge is 0.338 e. The first-order valence-electron chi connectivity index (χ1n) is 10.4. The van der Waals surface area contributed by atoms with Crippen LogP contribution in [0.1, 0.15) is 44.8 Å². The Morgan fingerprint density at radius 3 is 2.20 bits per heavy atom. The van der Waals surface area contributed by atoms with Crippen molar-refractivity contribution in [2.24, 2.45) is 0 Å². The molecular weight excluding hydrogens is 382 g/mol. The third-order valence-electron chi connectivity index (χ3n) is 6.22. The van der Waals surface area contributed by atoms with Crippen LogP contribution in [-0.2, 0) is 11.3 Å². The predicted molar refractivity (Wildman–Crippen MR) is 114 cm³/mol. The van der Waals surface area contributed by atoms with Gasteiger partial charge in [-0.05, 0) is 41.8 Å². The molecule has 2 aliphatic rings. The van der Waals surface area contributed by atoms with Crippen LogP contribution >= 0.6 is 0 Å². The van der Waals surface area contributed by atoms with E-state index in [0.717, 1.165) is 48.4 Å². The molecule has 1 saturated heterocycles. The van der Waals surface area contributed by atoms with Crippen LogP contribution in [0.25, 0.3) is 0 Å². The highest BCUT2D eigenvalue weighted by Gasteiger charge is 2.27. The molecule has 4 rings (SSSR count). The number of nitrogens with zero attached hydrogens (tertiary/aromatic N) is 2. The standard InChI is InChI=1S/C23H29N3O4/c1-15-18(6-7-19-20(15)14-30-23(19)29)22(28)13-26-10-8-25(9-11-26)12-21(27)16-2-4-17(24)5-3-16/h2-7,21-22,27-28H,8-14,24H2,1H3. The van der Waals surface area contributed by atoms with Crippen molar-refractivity contribution in [3.05, 3.63) is 64.2 Å². The Labute approximate surface area is 176 Å². The number of nitrogen functional groups attached to an aromatic ring is 1. The topological polar surface area (TPSA) is 99.3 Å². The van der Waals surface area contributed by atoms with Crippen molar-refractivity contribution in [1.29, 1.82) is 0 Å². The summed E-state index contributed by atoms with van der Waals surface area (Å²) in [6.45, 7) is 6.69. The Kier molecular flexibility index (Phi) is 6.06. The van der Waals surface area contributed by atoms with Gasteiger partial charge in [0.25, 0.3) is 0 Å². The van der Waals surface area contributed by atoms with Gasteiger partial charge in [-0.3, -0.25) is 9.80 Å². The summed E-state index contributed by atoms with van der Waals surface area (Å²) in [7, 11) is 0. The lowest BCUT2D eigenvalue weighted by Gasteiger charge is -2.36. The largest absolute Gasteiger partial charge is 0.457 e. The van der Waals surface area contributed by atoms with Crippen LogP contribution in [0.15, 0.2) is 36.4 Å². The molecule has 160 valence electrons. The van der Waals surface area contributed by atoms with E-state index in [2.05, 4.69) is 9.80 Å². The van der Waals surface area contributed by atoms with Crippen LogP contribution in [0, 0.1) is 6.92 Å². The van der Waals surface area contributed by atoms with E-state index in [-0.39, 0.29) is 12.6 Å². The minimum Gasteiger partial charge on any atom is -0.457 e. The van der Waals surface area contributed by atoms with Gasteiger partial charge in [-0.2, -0.15) is 0 Å². The maximum absolute atomic E-state index is 11.7. The van der Waals surface area contributed by atoms with Crippen molar-refractivity contribution in [3.8, 4) is 0 Å². The lowest BCUT2D eigenvalue weighted by atomic mass is 9.95. The Morgan fingerprint density at radius 2 is 1.57 bits per heavy atom. The monoisotopic (exact) mass is 411 g/mol. The third kappa shape index (κ3) is 4.34. The summed E-state index contributed by atoms with van der Waals surface area (Å²) in [6.07, 6.45) is -1.15. The highest BCUT2D eigenvalue weighted by molar-refractivity contribution is 5.93. The van der Waals surface area contributed by atoms with Gasteiger partial charge in [-0.25, -0.2) is 4.79 Å². The van der Waals surface area contributed by atoms with Gasteiger partial charge >= 0.3 is 5.97 Å². The van der Waals surface area contributed by atoms with E-state index in [1.165, 1.54) is 0 Å². The number of aliphatic hydroxyl groups is 2. The number of nitrogens with two attached hydrogens (primary N) is 1. The molecule has 7 nitrogen and oxygen atoms in total. The zero-order chi connectivity index (χ0) is 21.3. The van der Waals surface area contributed by atoms with Crippen LogP contribution in [0.5, 0.6) is 0 Å². The molecule has 2 aliphatic heterocycles. The van der Waals surface area contributed by atoms with Crippen LogP contribution in [0.2, 0.25) is 0 Å². The molecule has 30 heavy (non-hydrogen) atoms. The Hall–Kier alpha value is -2.45. The fourth-order valence-corrected chi connectivity index (χ4v) is 4.29. The van der Waals surface area contributed by atoms with E-state index >= 15 is 0 Å². The summed E-state index contributed by atoms with van der Waals surface area (Å²) >= 11 is 0. The molecule has 0 aromatic heterocycles. The molecule has 1 fully saturated rings. The normalized spacial score (nSPS) is 19.4. The first-order chi connectivity index (χ1) is 14.4. The van der Waals surface area contributed by atoms with E-state index in [4.69, 9.17) is 10.5 Å². The molecule has 4 N–H and O–H groups in total. The predicted octanol–water partition coefficient (Wildman–Crippen LogP) is 1.63. The molecule has 0 spiro atoms. The number of hydrogen-bond acceptors (Lipinski definition) is 7. The minimum absolute atomic E-state index is 0.286. The Morgan fingerprint density at radius 1 is 0.967 bits per heavy atom. The highest BCUT2D eigenvalue weighted by atomic mass is 16.5. The number of hydrogen-bond donors (Lipinski definition) is 3. The van der Waals surface area contributed by atoms with Gasteiger partial charge in [0.05, 0.1) is 17.8 Å². The number of benzene rings is 2. The summed E-state index contributed by atoms with van der Waals surface area (Å²) in [5.74, 6) is -0.286. The number of cyclic esters (lactones) is 1. The third-order valence-corrected chi connectivity index (χ3v) is 6.22. The zero-order valence-electron chi connectivity index (χ0n) is 17.3. The number of anilines is 1. The molecule has 2 heterocycles. The van der Waals surface area contributed by atoms with Crippen LogP contribution in [0.3, 0.4) is 0 Å². The first kappa shape index (κ1) is 20.8. The fraction of sp³-hybridized carbons (Fsp3) is 0.435. The quantitative estimate of drug-likeness (QED) is 0.491. The number of rotatable bonds is 6. The number of esters is 1. The molecule has 7 heteroatoms. The van der Waals surface area contributed by atoms with Gasteiger partial charge in [0.2, 0.25) is 0 Å². The number of piperazine rings is 1. The van der Waals surface area contributed by atoms with Crippen molar-refractivity contribution < 1.29 is 19.7 Å². The molecule has 0 amide bonds. The average Bonchev–Trinajstić information content (AvgIpc) is 3.12. The van der Waals surface area contributed by atoms with Crippen LogP contribution < -0.4 is 5.73 Å². The highest BCUT2D eigenvalue weighted by Crippen LogP contribution is 2.29. The number of fused-ring (bicyclic) bond motifs is 1. The van der Waals surface area contributed by atoms with Crippen molar-refractivity contribution in [1.82, 2.24) is 9.80 Å². The second-order valence-corrected chi connectivity index (χ2v) is 8.18. The maximum atomic E-state index is 11.7. The van der Waals surface area contributed by atoms with Crippen molar-refractivity contribution in [2.75, 3.05) is 45.0 Å². The van der Waals surface area contributed by atoms with Crippen molar-refractivity contribution in [2.45, 2.75) is 25.7 Å². The maximum Gasteiger partial charge on any atom is 0.338 e. The van der Waals surface area contributed by atoms with Gasteiger partial charge in [0.15, 0.2) is 0 Å². The molecule has 2 aromatic rings. The average molecular weight is 412 g/mol. The lowest BCUT2D eigenvalue weighted by Crippen LogP contribution is -2.48. The van der Waals surface area contributed by atoms with E-state index in [9.17, 15) is 15.0 Å². The summed E-state index contributed by atoms with van der Waals surface area (Å²) < 4.78 is 5.11. The van der Waals surface area contributed by atoms with Gasteiger partial charge in [0.1, 0.15) is 6.61 Å². The SMILES string of the molecule is Cc1c(C(O)CN2CCN(CC(O)c3ccc(N)cc3)CC2)ccc2c1COC2=O. The van der Waals surface area contributed by atoms with Crippen LogP contribution in [-0.4, -0.2) is 65.3 Å². The molecule has 2 atom stereocenters. The van der Waals surface area contributed by atoms with Crippen molar-refractivity contribution in [3.63, 3.8) is 0 Å². The molecule has 2 unspecified atom stereocenters. The summed E-state index contributed by atoms with van der Waals surface area (Å²) in [4.78, 5) is 16.2. The summed E-state index contributed by atoms with van der Waals surface area (Å²) in [5.41, 5.74) is 10.6. The van der Waals surface area contributed by atoms with Gasteiger partial charge in [-0.15, -0.1) is 0 Å². The molecule has 2 aromatic carbocycles. The number of carbonyl (C=O) groups excluding carboxylic acids is 1. The van der Waals surface area contributed by atoms with Gasteiger partial charge in [-0.1, -0.05) is 18.2 Å². The second kappa shape index (κ2) is 8.73. The van der Waals surface area contributed by atoms with Crippen molar-refractivity contribution >= 4 is 11.7 Å². The van der Waals surface area contributed by atoms with Gasteiger partial charge in [0, 0.05) is 50.5 Å². The van der Waals surface area contributed by atoms with E-state index in [0.29, 0.717) is 24.3 Å². The van der Waals surface area contributed by atoms with E-state index < -0.39 is 12.2 Å². The van der Waals surface area contributed by atoms with Crippen LogP contribution in [0.4, 0.5) is 5.69 Å². The summed E-state index contributed by atoms with van der Waals surface area (Å²) in [6, 6.07) is 10.9. The molecular formula is C23H29N3O4. The van der Waals surface area contributed by atoms with Gasteiger partial charge < -0.3 is 20.7 Å². The number of ether oxygens (including phenoxy) is 1. The van der Waals surface area contributed by atoms with E-state index in [1.54, 1.807) is 18.2 Å². The fourth-order valence-electron chi connectivity index (χ4n) is 4.29. The second-order valence-electron chi connectivity index (χ2n) is 8.18. The molecule has 0 bridgehead atoms. The Balaban J connectivity index is 1.30. The molecule has 0 saturated carbocycles. The minimum atomic E-state index is -0.613. The summed E-state index contributed by atoms with van der Waals surface area (Å²) in [5, 5.41) is 21.3.